The molecular weight excluding hydrogens is 283 g/mol. The van der Waals surface area contributed by atoms with Crippen molar-refractivity contribution < 1.29 is 4.43 Å². The number of hydrogen-bond acceptors (Lipinski definition) is 1. The van der Waals surface area contributed by atoms with Crippen molar-refractivity contribution in [1.82, 2.24) is 0 Å². The zero-order valence-corrected chi connectivity index (χ0v) is 14.4. The maximum atomic E-state index is 6.24. The van der Waals surface area contributed by atoms with Gasteiger partial charge in [0.15, 0.2) is 0 Å². The third-order valence-electron chi connectivity index (χ3n) is 2.47. The Labute approximate surface area is 122 Å². The number of rotatable bonds is 2. The van der Waals surface area contributed by atoms with Gasteiger partial charge in [-0.25, -0.2) is 0 Å². The lowest BCUT2D eigenvalue weighted by atomic mass is 10.2. The third kappa shape index (κ3) is 4.18. The number of hydrogen-bond donors (Lipinski definition) is 0. The number of halogens is 2. The molecule has 0 atom stereocenters. The minimum absolute atomic E-state index is 0.148. The summed E-state index contributed by atoms with van der Waals surface area (Å²) in [5, 5.41) is 1.40. The van der Waals surface area contributed by atoms with Crippen LogP contribution in [-0.2, 0) is 0 Å². The smallest absolute Gasteiger partial charge is 0.292 e. The second-order valence-corrected chi connectivity index (χ2v) is 11.2. The molecule has 1 aromatic rings. The van der Waals surface area contributed by atoms with E-state index in [1.165, 1.54) is 0 Å². The van der Waals surface area contributed by atoms with Gasteiger partial charge >= 0.3 is 0 Å². The molecular formula is C14H21Cl2OSi. The van der Waals surface area contributed by atoms with E-state index in [-0.39, 0.29) is 10.1 Å². The van der Waals surface area contributed by atoms with Crippen LogP contribution in [0.2, 0.25) is 20.1 Å². The van der Waals surface area contributed by atoms with Crippen molar-refractivity contribution in [3.63, 3.8) is 0 Å². The second-order valence-electron chi connectivity index (χ2n) is 6.51. The van der Waals surface area contributed by atoms with Gasteiger partial charge in [-0.15, -0.1) is 0 Å². The highest BCUT2D eigenvalue weighted by Gasteiger charge is 2.41. The molecule has 0 aliphatic rings. The first kappa shape index (κ1) is 15.9. The molecule has 101 valence electrons. The molecule has 0 N–H and O–H groups in total. The minimum atomic E-state index is -1.06. The molecule has 0 spiro atoms. The highest BCUT2D eigenvalue weighted by molar-refractivity contribution is 6.59. The van der Waals surface area contributed by atoms with Gasteiger partial charge in [-0.2, -0.15) is 0 Å². The fourth-order valence-corrected chi connectivity index (χ4v) is 5.60. The SMILES string of the molecule is CC(C)(C)[Si](Oc1ccc(Cl)c(Cl)c1)C(C)(C)C. The molecule has 0 heterocycles. The van der Waals surface area contributed by atoms with E-state index in [1.807, 2.05) is 6.07 Å². The third-order valence-corrected chi connectivity index (χ3v) is 6.38. The molecule has 1 nitrogen and oxygen atoms in total. The molecule has 4 heteroatoms. The van der Waals surface area contributed by atoms with Gasteiger partial charge in [0, 0.05) is 0 Å². The van der Waals surface area contributed by atoms with Crippen molar-refractivity contribution in [2.45, 2.75) is 51.6 Å². The van der Waals surface area contributed by atoms with Crippen LogP contribution in [0.15, 0.2) is 18.2 Å². The van der Waals surface area contributed by atoms with Gasteiger partial charge in [0.1, 0.15) is 5.75 Å². The quantitative estimate of drug-likeness (QED) is 0.612. The lowest BCUT2D eigenvalue weighted by Crippen LogP contribution is -2.40. The van der Waals surface area contributed by atoms with Crippen LogP contribution in [0, 0.1) is 0 Å². The van der Waals surface area contributed by atoms with Gasteiger partial charge in [0.05, 0.1) is 10.0 Å². The summed E-state index contributed by atoms with van der Waals surface area (Å²) in [6, 6.07) is 5.46. The predicted molar refractivity (Wildman–Crippen MR) is 82.3 cm³/mol. The number of benzene rings is 1. The molecule has 1 aromatic carbocycles. The Bertz CT molecular complexity index is 405. The van der Waals surface area contributed by atoms with E-state index in [4.69, 9.17) is 27.6 Å². The summed E-state index contributed by atoms with van der Waals surface area (Å²) in [6.45, 7) is 13.4. The molecule has 1 radical (unpaired) electrons. The van der Waals surface area contributed by atoms with Crippen molar-refractivity contribution >= 4 is 32.2 Å². The molecule has 0 saturated carbocycles. The van der Waals surface area contributed by atoms with Crippen LogP contribution in [0.5, 0.6) is 5.75 Å². The summed E-state index contributed by atoms with van der Waals surface area (Å²) in [5.74, 6) is 0.808. The highest BCUT2D eigenvalue weighted by atomic mass is 35.5. The van der Waals surface area contributed by atoms with E-state index < -0.39 is 9.04 Å². The Morgan fingerprint density at radius 1 is 0.889 bits per heavy atom. The Kier molecular flexibility index (Phi) is 4.79. The maximum Gasteiger partial charge on any atom is 0.292 e. The van der Waals surface area contributed by atoms with Crippen LogP contribution in [0.1, 0.15) is 41.5 Å². The molecule has 0 saturated heterocycles. The monoisotopic (exact) mass is 303 g/mol. The van der Waals surface area contributed by atoms with Gasteiger partial charge in [-0.1, -0.05) is 64.7 Å². The fraction of sp³-hybridized carbons (Fsp3) is 0.571. The summed E-state index contributed by atoms with van der Waals surface area (Å²) in [6.07, 6.45) is 0. The largest absolute Gasteiger partial charge is 0.541 e. The van der Waals surface area contributed by atoms with E-state index in [1.54, 1.807) is 12.1 Å². The molecule has 0 aliphatic carbocycles. The van der Waals surface area contributed by atoms with Crippen LogP contribution in [0.4, 0.5) is 0 Å². The Morgan fingerprint density at radius 3 is 1.78 bits per heavy atom. The normalized spacial score (nSPS) is 12.9. The maximum absolute atomic E-state index is 6.24. The standard InChI is InChI=1S/C14H21Cl2OSi/c1-13(2,3)18(14(4,5)6)17-10-7-8-11(15)12(16)9-10/h7-9H,1-6H3. The molecule has 18 heavy (non-hydrogen) atoms. The van der Waals surface area contributed by atoms with Crippen molar-refractivity contribution in [2.24, 2.45) is 0 Å². The first-order valence-corrected chi connectivity index (χ1v) is 8.19. The van der Waals surface area contributed by atoms with E-state index in [2.05, 4.69) is 41.5 Å². The average Bonchev–Trinajstić information content (AvgIpc) is 2.16. The van der Waals surface area contributed by atoms with Crippen LogP contribution < -0.4 is 4.43 Å². The summed E-state index contributed by atoms with van der Waals surface area (Å²) in [5.41, 5.74) is 0. The first-order chi connectivity index (χ1) is 8.01. The van der Waals surface area contributed by atoms with Gasteiger partial charge in [-0.3, -0.25) is 0 Å². The second kappa shape index (κ2) is 5.44. The van der Waals surface area contributed by atoms with E-state index in [9.17, 15) is 0 Å². The molecule has 0 unspecified atom stereocenters. The zero-order valence-electron chi connectivity index (χ0n) is 11.9. The van der Waals surface area contributed by atoms with E-state index in [0.29, 0.717) is 10.0 Å². The van der Waals surface area contributed by atoms with Crippen molar-refractivity contribution in [2.75, 3.05) is 0 Å². The highest BCUT2D eigenvalue weighted by Crippen LogP contribution is 2.43. The molecule has 1 rings (SSSR count). The molecule has 0 aliphatic heterocycles. The molecule has 0 amide bonds. The van der Waals surface area contributed by atoms with E-state index >= 15 is 0 Å². The summed E-state index contributed by atoms with van der Waals surface area (Å²) in [7, 11) is -1.06. The van der Waals surface area contributed by atoms with Crippen LogP contribution in [-0.4, -0.2) is 9.04 Å². The van der Waals surface area contributed by atoms with Crippen LogP contribution in [0.3, 0.4) is 0 Å². The van der Waals surface area contributed by atoms with Crippen molar-refractivity contribution in [3.8, 4) is 5.75 Å². The van der Waals surface area contributed by atoms with Gasteiger partial charge in [0.2, 0.25) is 0 Å². The molecule has 0 bridgehead atoms. The lowest BCUT2D eigenvalue weighted by molar-refractivity contribution is 0.462. The zero-order chi connectivity index (χ0) is 14.1. The Morgan fingerprint density at radius 2 is 1.39 bits per heavy atom. The predicted octanol–water partition coefficient (Wildman–Crippen LogP) is 5.96. The topological polar surface area (TPSA) is 9.23 Å². The Balaban J connectivity index is 3.01. The minimum Gasteiger partial charge on any atom is -0.541 e. The van der Waals surface area contributed by atoms with Crippen molar-refractivity contribution in [1.29, 1.82) is 0 Å². The van der Waals surface area contributed by atoms with Crippen LogP contribution >= 0.6 is 23.2 Å². The fourth-order valence-electron chi connectivity index (χ4n) is 2.09. The van der Waals surface area contributed by atoms with Crippen molar-refractivity contribution in [3.05, 3.63) is 28.2 Å². The van der Waals surface area contributed by atoms with Gasteiger partial charge < -0.3 is 4.43 Å². The van der Waals surface area contributed by atoms with Crippen LogP contribution in [0.25, 0.3) is 0 Å². The lowest BCUT2D eigenvalue weighted by Gasteiger charge is -2.37. The summed E-state index contributed by atoms with van der Waals surface area (Å²) >= 11 is 11.9. The van der Waals surface area contributed by atoms with Gasteiger partial charge in [0.25, 0.3) is 9.04 Å². The first-order valence-electron chi connectivity index (χ1n) is 6.02. The molecule has 0 fully saturated rings. The Hall–Kier alpha value is -0.183. The summed E-state index contributed by atoms with van der Waals surface area (Å²) < 4.78 is 6.24. The van der Waals surface area contributed by atoms with Gasteiger partial charge in [-0.05, 0) is 28.3 Å². The van der Waals surface area contributed by atoms with E-state index in [0.717, 1.165) is 5.75 Å². The summed E-state index contributed by atoms with van der Waals surface area (Å²) in [4.78, 5) is 0. The average molecular weight is 304 g/mol. The molecule has 0 aromatic heterocycles.